The van der Waals surface area contributed by atoms with Gasteiger partial charge in [0.2, 0.25) is 15.9 Å². The topological polar surface area (TPSA) is 97.6 Å². The van der Waals surface area contributed by atoms with Crippen molar-refractivity contribution in [2.75, 3.05) is 19.0 Å². The van der Waals surface area contributed by atoms with E-state index < -0.39 is 10.0 Å². The minimum Gasteiger partial charge on any atom is -0.469 e. The Bertz CT molecular complexity index is 846. The molecule has 3 unspecified atom stereocenters. The predicted molar refractivity (Wildman–Crippen MR) is 96.3 cm³/mol. The van der Waals surface area contributed by atoms with Gasteiger partial charge in [0.15, 0.2) is 0 Å². The van der Waals surface area contributed by atoms with Crippen LogP contribution in [0.4, 0.5) is 5.69 Å². The van der Waals surface area contributed by atoms with Crippen molar-refractivity contribution >= 4 is 21.6 Å². The van der Waals surface area contributed by atoms with Crippen molar-refractivity contribution in [1.82, 2.24) is 4.72 Å². The molecule has 26 heavy (non-hydrogen) atoms. The minimum atomic E-state index is -3.62. The van der Waals surface area contributed by atoms with E-state index in [1.54, 1.807) is 25.3 Å². The molecule has 1 heterocycles. The number of ether oxygens (including phenoxy) is 1. The molecule has 2 N–H and O–H groups in total. The van der Waals surface area contributed by atoms with Crippen molar-refractivity contribution in [1.29, 1.82) is 0 Å². The Morgan fingerprint density at radius 1 is 1.31 bits per heavy atom. The second-order valence-corrected chi connectivity index (χ2v) is 8.17. The molecule has 1 fully saturated rings. The predicted octanol–water partition coefficient (Wildman–Crippen LogP) is 2.33. The number of methoxy groups -OCH3 is 1. The fourth-order valence-corrected chi connectivity index (χ4v) is 4.10. The Balaban J connectivity index is 1.59. The summed E-state index contributed by atoms with van der Waals surface area (Å²) in [5.74, 6) is 0.744. The first-order chi connectivity index (χ1) is 12.4. The molecule has 1 aliphatic rings. The van der Waals surface area contributed by atoms with E-state index in [9.17, 15) is 13.2 Å². The van der Waals surface area contributed by atoms with Gasteiger partial charge in [-0.3, -0.25) is 4.79 Å². The lowest BCUT2D eigenvalue weighted by Crippen LogP contribution is -2.35. The molecule has 8 heteroatoms. The van der Waals surface area contributed by atoms with E-state index in [-0.39, 0.29) is 35.3 Å². The summed E-state index contributed by atoms with van der Waals surface area (Å²) < 4.78 is 37.3. The molecule has 1 saturated carbocycles. The molecule has 7 nitrogen and oxygen atoms in total. The molecule has 0 aliphatic heterocycles. The van der Waals surface area contributed by atoms with Crippen molar-refractivity contribution in [3.8, 4) is 0 Å². The molecule has 1 amide bonds. The Hall–Kier alpha value is -2.16. The van der Waals surface area contributed by atoms with Gasteiger partial charge in [-0.05, 0) is 49.7 Å². The van der Waals surface area contributed by atoms with Crippen LogP contribution in [-0.2, 0) is 19.6 Å². The highest BCUT2D eigenvalue weighted by molar-refractivity contribution is 7.89. The maximum atomic E-state index is 12.3. The summed E-state index contributed by atoms with van der Waals surface area (Å²) >= 11 is 0. The zero-order valence-corrected chi connectivity index (χ0v) is 15.5. The monoisotopic (exact) mass is 378 g/mol. The van der Waals surface area contributed by atoms with Crippen LogP contribution in [0.3, 0.4) is 0 Å². The van der Waals surface area contributed by atoms with Gasteiger partial charge in [0.25, 0.3) is 0 Å². The molecule has 140 valence electrons. The van der Waals surface area contributed by atoms with Crippen molar-refractivity contribution < 1.29 is 22.4 Å². The van der Waals surface area contributed by atoms with Gasteiger partial charge < -0.3 is 14.5 Å². The molecule has 0 saturated heterocycles. The Morgan fingerprint density at radius 3 is 2.65 bits per heavy atom. The largest absolute Gasteiger partial charge is 0.469 e. The Labute approximate surface area is 152 Å². The van der Waals surface area contributed by atoms with Crippen LogP contribution in [0.25, 0.3) is 0 Å². The molecule has 0 radical (unpaired) electrons. The van der Waals surface area contributed by atoms with Crippen molar-refractivity contribution in [2.45, 2.75) is 30.2 Å². The van der Waals surface area contributed by atoms with E-state index in [1.807, 2.05) is 12.1 Å². The molecule has 1 aromatic carbocycles. The lowest BCUT2D eigenvalue weighted by Gasteiger charge is -2.13. The van der Waals surface area contributed by atoms with Crippen molar-refractivity contribution in [2.24, 2.45) is 5.92 Å². The summed E-state index contributed by atoms with van der Waals surface area (Å²) in [6, 6.07) is 9.44. The van der Waals surface area contributed by atoms with Crippen LogP contribution in [0.5, 0.6) is 0 Å². The van der Waals surface area contributed by atoms with Gasteiger partial charge in [-0.1, -0.05) is 0 Å². The van der Waals surface area contributed by atoms with Gasteiger partial charge in [0, 0.05) is 30.7 Å². The van der Waals surface area contributed by atoms with E-state index in [2.05, 4.69) is 10.0 Å². The van der Waals surface area contributed by atoms with Gasteiger partial charge in [-0.15, -0.1) is 0 Å². The first-order valence-corrected chi connectivity index (χ1v) is 9.84. The molecule has 0 spiro atoms. The number of benzene rings is 1. The second-order valence-electron chi connectivity index (χ2n) is 6.46. The summed E-state index contributed by atoms with van der Waals surface area (Å²) in [6.45, 7) is 2.01. The van der Waals surface area contributed by atoms with Crippen molar-refractivity contribution in [3.05, 3.63) is 48.4 Å². The zero-order valence-electron chi connectivity index (χ0n) is 14.6. The average molecular weight is 378 g/mol. The number of anilines is 1. The van der Waals surface area contributed by atoms with Gasteiger partial charge in [0.1, 0.15) is 5.76 Å². The fraction of sp³-hybridized carbons (Fsp3) is 0.389. The molecule has 3 rings (SSSR count). The van der Waals surface area contributed by atoms with Crippen LogP contribution in [0.15, 0.2) is 52.0 Å². The van der Waals surface area contributed by atoms with E-state index in [0.717, 1.165) is 12.2 Å². The summed E-state index contributed by atoms with van der Waals surface area (Å²) in [7, 11) is -2.11. The lowest BCUT2D eigenvalue weighted by atomic mass is 10.2. The first kappa shape index (κ1) is 18.6. The van der Waals surface area contributed by atoms with Gasteiger partial charge in [-0.25, -0.2) is 13.1 Å². The quantitative estimate of drug-likeness (QED) is 0.735. The fourth-order valence-electron chi connectivity index (χ4n) is 2.87. The molecule has 1 aromatic heterocycles. The number of carbonyl (C=O) groups is 1. The normalized spacial score (nSPS) is 20.5. The first-order valence-electron chi connectivity index (χ1n) is 8.36. The highest BCUT2D eigenvalue weighted by Crippen LogP contribution is 2.48. The standard InChI is InChI=1S/C18H22N2O5S/c1-12(11-24-2)20-26(22,23)14-7-5-13(6-8-14)19-18(21)16-10-15(16)17-4-3-9-25-17/h3-9,12,15-16,20H,10-11H2,1-2H3,(H,19,21). The molecule has 2 aromatic rings. The number of rotatable bonds is 8. The summed E-state index contributed by atoms with van der Waals surface area (Å²) in [6.07, 6.45) is 2.36. The van der Waals surface area contributed by atoms with Crippen LogP contribution in [-0.4, -0.2) is 34.1 Å². The molecule has 3 atom stereocenters. The van der Waals surface area contributed by atoms with Gasteiger partial charge >= 0.3 is 0 Å². The number of carbonyl (C=O) groups excluding carboxylic acids is 1. The summed E-state index contributed by atoms with van der Waals surface area (Å²) in [5.41, 5.74) is 0.559. The molecular weight excluding hydrogens is 356 g/mol. The third kappa shape index (κ3) is 4.32. The number of hydrogen-bond acceptors (Lipinski definition) is 5. The van der Waals surface area contributed by atoms with Gasteiger partial charge in [-0.2, -0.15) is 0 Å². The summed E-state index contributed by atoms with van der Waals surface area (Å²) in [5, 5.41) is 2.82. The number of furan rings is 1. The third-order valence-corrected chi connectivity index (χ3v) is 5.85. The Morgan fingerprint density at radius 2 is 2.04 bits per heavy atom. The van der Waals surface area contributed by atoms with E-state index in [4.69, 9.17) is 9.15 Å². The number of hydrogen-bond donors (Lipinski definition) is 2. The SMILES string of the molecule is COCC(C)NS(=O)(=O)c1ccc(NC(=O)C2CC2c2ccco2)cc1. The smallest absolute Gasteiger partial charge is 0.240 e. The maximum Gasteiger partial charge on any atom is 0.240 e. The lowest BCUT2D eigenvalue weighted by molar-refractivity contribution is -0.117. The minimum absolute atomic E-state index is 0.0890. The highest BCUT2D eigenvalue weighted by atomic mass is 32.2. The number of amides is 1. The van der Waals surface area contributed by atoms with Gasteiger partial charge in [0.05, 0.1) is 17.8 Å². The third-order valence-electron chi connectivity index (χ3n) is 4.24. The van der Waals surface area contributed by atoms with Crippen LogP contribution < -0.4 is 10.0 Å². The highest BCUT2D eigenvalue weighted by Gasteiger charge is 2.45. The number of sulfonamides is 1. The Kier molecular flexibility index (Phi) is 5.45. The van der Waals surface area contributed by atoms with Crippen LogP contribution >= 0.6 is 0 Å². The second kappa shape index (κ2) is 7.61. The maximum absolute atomic E-state index is 12.3. The van der Waals surface area contributed by atoms with Crippen molar-refractivity contribution in [3.63, 3.8) is 0 Å². The van der Waals surface area contributed by atoms with Crippen LogP contribution in [0, 0.1) is 5.92 Å². The molecule has 0 bridgehead atoms. The molecule has 1 aliphatic carbocycles. The zero-order chi connectivity index (χ0) is 18.7. The van der Waals surface area contributed by atoms with E-state index in [0.29, 0.717) is 5.69 Å². The number of nitrogens with one attached hydrogen (secondary N) is 2. The van der Waals surface area contributed by atoms with Crippen LogP contribution in [0.1, 0.15) is 25.0 Å². The summed E-state index contributed by atoms with van der Waals surface area (Å²) in [4.78, 5) is 12.4. The van der Waals surface area contributed by atoms with E-state index in [1.165, 1.54) is 19.2 Å². The van der Waals surface area contributed by atoms with E-state index >= 15 is 0 Å². The van der Waals surface area contributed by atoms with Crippen LogP contribution in [0.2, 0.25) is 0 Å². The molecular formula is C18H22N2O5S. The average Bonchev–Trinajstić information content (AvgIpc) is 3.21.